The fourth-order valence-corrected chi connectivity index (χ4v) is 3.07. The van der Waals surface area contributed by atoms with Crippen LogP contribution in [0.15, 0.2) is 54.6 Å². The summed E-state index contributed by atoms with van der Waals surface area (Å²) in [4.78, 5) is 0. The summed E-state index contributed by atoms with van der Waals surface area (Å²) in [6, 6.07) is 14.9. The van der Waals surface area contributed by atoms with Crippen LogP contribution in [0.2, 0.25) is 0 Å². The molecule has 3 nitrogen and oxygen atoms in total. The van der Waals surface area contributed by atoms with Crippen molar-refractivity contribution in [3.8, 4) is 5.75 Å². The minimum Gasteiger partial charge on any atom is -0.489 e. The third-order valence-electron chi connectivity index (χ3n) is 4.29. The van der Waals surface area contributed by atoms with Gasteiger partial charge in [0.05, 0.1) is 13.2 Å². The van der Waals surface area contributed by atoms with Crippen LogP contribution in [0.5, 0.6) is 5.75 Å². The lowest BCUT2D eigenvalue weighted by molar-refractivity contribution is 0.0202. The van der Waals surface area contributed by atoms with Gasteiger partial charge in [0.1, 0.15) is 18.5 Å². The van der Waals surface area contributed by atoms with E-state index in [1.165, 1.54) is 11.1 Å². The summed E-state index contributed by atoms with van der Waals surface area (Å²) in [5.74, 6) is 0.820. The average molecular weight is 350 g/mol. The molecule has 1 N–H and O–H groups in total. The maximum absolute atomic E-state index is 10.2. The molecule has 26 heavy (non-hydrogen) atoms. The summed E-state index contributed by atoms with van der Waals surface area (Å²) >= 11 is 0. The predicted molar refractivity (Wildman–Crippen MR) is 108 cm³/mol. The molecule has 0 saturated carbocycles. The van der Waals surface area contributed by atoms with E-state index in [0.29, 0.717) is 6.61 Å². The van der Waals surface area contributed by atoms with Gasteiger partial charge in [-0.25, -0.2) is 0 Å². The summed E-state index contributed by atoms with van der Waals surface area (Å²) in [5.41, 5.74) is 3.33. The Morgan fingerprint density at radius 1 is 0.962 bits per heavy atom. The fraction of sp³-hybridized carbons (Fsp3) is 0.304. The van der Waals surface area contributed by atoms with Crippen LogP contribution in [0, 0.1) is 13.8 Å². The Morgan fingerprint density at radius 3 is 2.46 bits per heavy atom. The predicted octanol–water partition coefficient (Wildman–Crippen LogP) is 4.94. The number of aliphatic hydroxyl groups is 1. The second-order valence-electron chi connectivity index (χ2n) is 7.09. The van der Waals surface area contributed by atoms with Crippen molar-refractivity contribution in [1.29, 1.82) is 0 Å². The minimum absolute atomic E-state index is 0.187. The topological polar surface area (TPSA) is 38.7 Å². The van der Waals surface area contributed by atoms with E-state index in [0.717, 1.165) is 32.9 Å². The first-order valence-electron chi connectivity index (χ1n) is 8.91. The van der Waals surface area contributed by atoms with Gasteiger partial charge in [0.25, 0.3) is 0 Å². The molecule has 1 unspecified atom stereocenters. The van der Waals surface area contributed by atoms with Crippen molar-refractivity contribution in [2.45, 2.75) is 26.9 Å². The number of aryl methyl sites for hydroxylation is 2. The highest BCUT2D eigenvalue weighted by Crippen LogP contribution is 2.36. The van der Waals surface area contributed by atoms with Gasteiger partial charge in [-0.3, -0.25) is 0 Å². The molecular weight excluding hydrogens is 324 g/mol. The highest BCUT2D eigenvalue weighted by atomic mass is 16.5. The van der Waals surface area contributed by atoms with E-state index in [4.69, 9.17) is 9.47 Å². The van der Waals surface area contributed by atoms with Crippen LogP contribution in [-0.2, 0) is 4.74 Å². The maximum Gasteiger partial charge on any atom is 0.135 e. The normalized spacial score (nSPS) is 12.5. The number of fused-ring (bicyclic) bond motifs is 2. The molecule has 0 saturated heterocycles. The molecule has 3 heteroatoms. The van der Waals surface area contributed by atoms with Crippen molar-refractivity contribution in [3.05, 3.63) is 65.7 Å². The lowest BCUT2D eigenvalue weighted by atomic mass is 9.99. The van der Waals surface area contributed by atoms with E-state index in [-0.39, 0.29) is 13.2 Å². The van der Waals surface area contributed by atoms with Crippen molar-refractivity contribution in [1.82, 2.24) is 0 Å². The van der Waals surface area contributed by atoms with Crippen molar-refractivity contribution in [2.24, 2.45) is 0 Å². The van der Waals surface area contributed by atoms with E-state index >= 15 is 0 Å². The van der Waals surface area contributed by atoms with Crippen molar-refractivity contribution < 1.29 is 14.6 Å². The van der Waals surface area contributed by atoms with Crippen LogP contribution >= 0.6 is 0 Å². The Bertz CT molecular complexity index is 943. The molecule has 0 heterocycles. The van der Waals surface area contributed by atoms with Gasteiger partial charge in [-0.1, -0.05) is 53.6 Å². The first-order valence-corrected chi connectivity index (χ1v) is 8.91. The quantitative estimate of drug-likeness (QED) is 0.484. The summed E-state index contributed by atoms with van der Waals surface area (Å²) in [6.07, 6.45) is -0.685. The third kappa shape index (κ3) is 4.24. The Labute approximate surface area is 154 Å². The van der Waals surface area contributed by atoms with Gasteiger partial charge in [-0.15, -0.1) is 0 Å². The van der Waals surface area contributed by atoms with Crippen molar-refractivity contribution >= 4 is 21.5 Å². The fourth-order valence-electron chi connectivity index (χ4n) is 3.07. The van der Waals surface area contributed by atoms with Crippen molar-refractivity contribution in [2.75, 3.05) is 19.8 Å². The van der Waals surface area contributed by atoms with Crippen LogP contribution < -0.4 is 4.74 Å². The van der Waals surface area contributed by atoms with Crippen LogP contribution in [0.25, 0.3) is 21.5 Å². The van der Waals surface area contributed by atoms with Crippen LogP contribution in [0.1, 0.15) is 18.1 Å². The van der Waals surface area contributed by atoms with Gasteiger partial charge >= 0.3 is 0 Å². The van der Waals surface area contributed by atoms with E-state index in [1.54, 1.807) is 0 Å². The van der Waals surface area contributed by atoms with Crippen LogP contribution in [-0.4, -0.2) is 31.0 Å². The lowest BCUT2D eigenvalue weighted by Gasteiger charge is -2.17. The van der Waals surface area contributed by atoms with Crippen molar-refractivity contribution in [3.63, 3.8) is 0 Å². The number of hydrogen-bond acceptors (Lipinski definition) is 3. The summed E-state index contributed by atoms with van der Waals surface area (Å²) in [6.45, 7) is 10.7. The number of hydrogen-bond donors (Lipinski definition) is 1. The molecule has 0 aromatic heterocycles. The van der Waals surface area contributed by atoms with Crippen LogP contribution in [0.4, 0.5) is 0 Å². The molecule has 1 atom stereocenters. The summed E-state index contributed by atoms with van der Waals surface area (Å²) < 4.78 is 11.5. The van der Waals surface area contributed by atoms with E-state index in [9.17, 15) is 5.11 Å². The molecule has 3 rings (SSSR count). The Morgan fingerprint density at radius 2 is 1.69 bits per heavy atom. The van der Waals surface area contributed by atoms with Gasteiger partial charge in [-0.05, 0) is 43.7 Å². The van der Waals surface area contributed by atoms with E-state index < -0.39 is 6.10 Å². The molecule has 0 aliphatic carbocycles. The molecule has 0 fully saturated rings. The molecule has 0 aliphatic rings. The first kappa shape index (κ1) is 18.4. The van der Waals surface area contributed by atoms with Gasteiger partial charge in [0.2, 0.25) is 0 Å². The maximum atomic E-state index is 10.2. The zero-order valence-corrected chi connectivity index (χ0v) is 15.7. The zero-order valence-electron chi connectivity index (χ0n) is 15.7. The monoisotopic (exact) mass is 350 g/mol. The molecular formula is C23H26O3. The van der Waals surface area contributed by atoms with Gasteiger partial charge in [0, 0.05) is 10.8 Å². The summed E-state index contributed by atoms with van der Waals surface area (Å²) in [7, 11) is 0. The second-order valence-corrected chi connectivity index (χ2v) is 7.09. The first-order chi connectivity index (χ1) is 12.4. The van der Waals surface area contributed by atoms with Gasteiger partial charge in [-0.2, -0.15) is 0 Å². The number of aliphatic hydroxyl groups excluding tert-OH is 1. The van der Waals surface area contributed by atoms with E-state index in [2.05, 4.69) is 62.9 Å². The Kier molecular flexibility index (Phi) is 5.60. The Hall–Kier alpha value is -2.36. The number of ether oxygens (including phenoxy) is 2. The van der Waals surface area contributed by atoms with Gasteiger partial charge in [0.15, 0.2) is 0 Å². The largest absolute Gasteiger partial charge is 0.489 e. The van der Waals surface area contributed by atoms with E-state index in [1.807, 2.05) is 6.92 Å². The molecule has 0 radical (unpaired) electrons. The third-order valence-corrected chi connectivity index (χ3v) is 4.29. The molecule has 3 aromatic rings. The van der Waals surface area contributed by atoms with Crippen LogP contribution in [0.3, 0.4) is 0 Å². The molecule has 3 aromatic carbocycles. The molecule has 0 amide bonds. The van der Waals surface area contributed by atoms with Gasteiger partial charge < -0.3 is 14.6 Å². The highest BCUT2D eigenvalue weighted by Gasteiger charge is 2.12. The second kappa shape index (κ2) is 7.90. The molecule has 0 aliphatic heterocycles. The smallest absolute Gasteiger partial charge is 0.135 e. The lowest BCUT2D eigenvalue weighted by Crippen LogP contribution is -2.24. The number of rotatable bonds is 7. The SMILES string of the molecule is C=C(C)COCC(O)COc1c2ccc(C)cc2cc2ccc(C)cc12. The zero-order chi connectivity index (χ0) is 18.7. The Balaban J connectivity index is 1.91. The standard InChI is InChI=1S/C23H26O3/c1-15(2)12-25-13-20(24)14-26-23-21-8-6-16(3)9-19(21)11-18-7-5-17(4)10-22(18)23/h5-11,20,24H,1,12-14H2,2-4H3. The molecule has 136 valence electrons. The number of benzene rings is 3. The average Bonchev–Trinajstić information content (AvgIpc) is 2.58. The molecule has 0 bridgehead atoms. The highest BCUT2D eigenvalue weighted by molar-refractivity contribution is 6.05. The molecule has 0 spiro atoms. The summed E-state index contributed by atoms with van der Waals surface area (Å²) in [5, 5.41) is 14.6. The minimum atomic E-state index is -0.685.